The van der Waals surface area contributed by atoms with E-state index in [9.17, 15) is 14.7 Å². The number of nitrogens with zero attached hydrogens (tertiary/aromatic N) is 2. The molecule has 1 amide bonds. The SMILES string of the molecule is CCOc1ccc(C(O)=C2C(=O)C(=O)N(CCN3CCOCC3)[C@H]2c2ccc(Br)cc2)cc1C. The van der Waals surface area contributed by atoms with Gasteiger partial charge in [0.2, 0.25) is 0 Å². The number of aryl methyl sites for hydroxylation is 1. The molecule has 34 heavy (non-hydrogen) atoms. The summed E-state index contributed by atoms with van der Waals surface area (Å²) in [6.45, 7) is 8.23. The molecule has 2 aliphatic heterocycles. The quantitative estimate of drug-likeness (QED) is 0.333. The van der Waals surface area contributed by atoms with Crippen LogP contribution in [-0.2, 0) is 14.3 Å². The highest BCUT2D eigenvalue weighted by Gasteiger charge is 2.46. The van der Waals surface area contributed by atoms with Crippen LogP contribution in [0, 0.1) is 6.92 Å². The molecule has 2 aromatic rings. The Morgan fingerprint density at radius 1 is 1.12 bits per heavy atom. The molecule has 2 aromatic carbocycles. The molecule has 0 bridgehead atoms. The second kappa shape index (κ2) is 10.7. The number of Topliss-reactive ketones (excluding diaryl/α,β-unsaturated/α-hetero) is 1. The summed E-state index contributed by atoms with van der Waals surface area (Å²) >= 11 is 3.44. The molecule has 2 fully saturated rings. The third kappa shape index (κ3) is 5.04. The van der Waals surface area contributed by atoms with Crippen molar-refractivity contribution < 1.29 is 24.2 Å². The molecule has 7 nitrogen and oxygen atoms in total. The minimum absolute atomic E-state index is 0.109. The topological polar surface area (TPSA) is 79.3 Å². The number of ketones is 1. The zero-order chi connectivity index (χ0) is 24.2. The molecule has 2 aliphatic rings. The predicted octanol–water partition coefficient (Wildman–Crippen LogP) is 3.91. The molecular weight excluding hydrogens is 500 g/mol. The lowest BCUT2D eigenvalue weighted by molar-refractivity contribution is -0.140. The Kier molecular flexibility index (Phi) is 7.70. The van der Waals surface area contributed by atoms with Crippen molar-refractivity contribution in [2.24, 2.45) is 0 Å². The van der Waals surface area contributed by atoms with E-state index in [0.29, 0.717) is 38.5 Å². The van der Waals surface area contributed by atoms with Crippen molar-refractivity contribution in [1.82, 2.24) is 9.80 Å². The Hall–Kier alpha value is -2.68. The van der Waals surface area contributed by atoms with E-state index < -0.39 is 17.7 Å². The molecule has 0 radical (unpaired) electrons. The van der Waals surface area contributed by atoms with Gasteiger partial charge >= 0.3 is 0 Å². The molecule has 2 heterocycles. The minimum Gasteiger partial charge on any atom is -0.507 e. The van der Waals surface area contributed by atoms with Gasteiger partial charge in [-0.3, -0.25) is 14.5 Å². The molecule has 180 valence electrons. The summed E-state index contributed by atoms with van der Waals surface area (Å²) in [4.78, 5) is 30.1. The van der Waals surface area contributed by atoms with E-state index >= 15 is 0 Å². The molecule has 1 N–H and O–H groups in total. The third-order valence-corrected chi connectivity index (χ3v) is 6.76. The number of halogens is 1. The number of carbonyl (C=O) groups is 2. The number of ether oxygens (including phenoxy) is 2. The summed E-state index contributed by atoms with van der Waals surface area (Å²) in [6.07, 6.45) is 0. The second-order valence-electron chi connectivity index (χ2n) is 8.41. The van der Waals surface area contributed by atoms with E-state index in [4.69, 9.17) is 9.47 Å². The number of benzene rings is 2. The van der Waals surface area contributed by atoms with E-state index in [2.05, 4.69) is 20.8 Å². The maximum atomic E-state index is 13.2. The van der Waals surface area contributed by atoms with Crippen LogP contribution in [0.5, 0.6) is 5.75 Å². The number of carbonyl (C=O) groups excluding carboxylic acids is 2. The van der Waals surface area contributed by atoms with Gasteiger partial charge in [-0.1, -0.05) is 28.1 Å². The number of amides is 1. The summed E-state index contributed by atoms with van der Waals surface area (Å²) < 4.78 is 11.9. The van der Waals surface area contributed by atoms with Crippen molar-refractivity contribution in [1.29, 1.82) is 0 Å². The summed E-state index contributed by atoms with van der Waals surface area (Å²) in [6, 6.07) is 12.1. The normalized spacial score (nSPS) is 20.7. The molecule has 0 saturated carbocycles. The Labute approximate surface area is 208 Å². The number of rotatable bonds is 7. The molecule has 8 heteroatoms. The standard InChI is InChI=1S/C26H29BrN2O5/c1-3-34-21-9-6-19(16-17(21)2)24(30)22-23(18-4-7-20(27)8-5-18)29(26(32)25(22)31)11-10-28-12-14-33-15-13-28/h4-9,16,23,30H,3,10-15H2,1-2H3/t23-/m0/s1. The molecule has 1 atom stereocenters. The van der Waals surface area contributed by atoms with Crippen LogP contribution in [0.4, 0.5) is 0 Å². The van der Waals surface area contributed by atoms with Gasteiger partial charge in [-0.2, -0.15) is 0 Å². The van der Waals surface area contributed by atoms with Crippen molar-refractivity contribution in [3.05, 3.63) is 69.2 Å². The lowest BCUT2D eigenvalue weighted by atomic mass is 9.95. The molecular formula is C26H29BrN2O5. The largest absolute Gasteiger partial charge is 0.507 e. The molecule has 0 spiro atoms. The Balaban J connectivity index is 1.73. The van der Waals surface area contributed by atoms with Crippen molar-refractivity contribution in [3.8, 4) is 5.75 Å². The average Bonchev–Trinajstić information content (AvgIpc) is 3.09. The molecule has 0 unspecified atom stereocenters. The molecule has 0 aliphatic carbocycles. The summed E-state index contributed by atoms with van der Waals surface area (Å²) in [7, 11) is 0. The van der Waals surface area contributed by atoms with Gasteiger partial charge < -0.3 is 19.5 Å². The third-order valence-electron chi connectivity index (χ3n) is 6.23. The van der Waals surface area contributed by atoms with E-state index in [0.717, 1.165) is 34.4 Å². The Morgan fingerprint density at radius 3 is 2.47 bits per heavy atom. The Bertz CT molecular complexity index is 1090. The van der Waals surface area contributed by atoms with Crippen LogP contribution < -0.4 is 4.74 Å². The highest BCUT2D eigenvalue weighted by Crippen LogP contribution is 2.40. The first-order chi connectivity index (χ1) is 16.4. The van der Waals surface area contributed by atoms with Crippen LogP contribution in [0.1, 0.15) is 29.7 Å². The minimum atomic E-state index is -0.668. The van der Waals surface area contributed by atoms with Gasteiger partial charge in [-0.05, 0) is 55.3 Å². The number of likely N-dealkylation sites (tertiary alicyclic amines) is 1. The fourth-order valence-electron chi connectivity index (χ4n) is 4.45. The van der Waals surface area contributed by atoms with Gasteiger partial charge in [0.25, 0.3) is 11.7 Å². The zero-order valence-electron chi connectivity index (χ0n) is 19.4. The monoisotopic (exact) mass is 528 g/mol. The van der Waals surface area contributed by atoms with E-state index in [1.807, 2.05) is 38.1 Å². The van der Waals surface area contributed by atoms with Crippen molar-refractivity contribution >= 4 is 33.4 Å². The molecule has 0 aromatic heterocycles. The highest BCUT2D eigenvalue weighted by atomic mass is 79.9. The smallest absolute Gasteiger partial charge is 0.295 e. The molecule has 2 saturated heterocycles. The van der Waals surface area contributed by atoms with E-state index in [-0.39, 0.29) is 11.3 Å². The van der Waals surface area contributed by atoms with Gasteiger partial charge in [-0.15, -0.1) is 0 Å². The maximum Gasteiger partial charge on any atom is 0.295 e. The number of aliphatic hydroxyl groups is 1. The van der Waals surface area contributed by atoms with E-state index in [1.54, 1.807) is 23.1 Å². The lowest BCUT2D eigenvalue weighted by Gasteiger charge is -2.31. The van der Waals surface area contributed by atoms with Crippen LogP contribution in [-0.4, -0.2) is 72.6 Å². The summed E-state index contributed by atoms with van der Waals surface area (Å²) in [5.74, 6) is -0.718. The van der Waals surface area contributed by atoms with Crippen LogP contribution >= 0.6 is 15.9 Å². The van der Waals surface area contributed by atoms with Gasteiger partial charge in [0, 0.05) is 36.2 Å². The highest BCUT2D eigenvalue weighted by molar-refractivity contribution is 9.10. The summed E-state index contributed by atoms with van der Waals surface area (Å²) in [5.41, 5.74) is 2.20. The predicted molar refractivity (Wildman–Crippen MR) is 133 cm³/mol. The number of aliphatic hydroxyl groups excluding tert-OH is 1. The number of morpholine rings is 1. The van der Waals surface area contributed by atoms with Crippen LogP contribution in [0.25, 0.3) is 5.76 Å². The van der Waals surface area contributed by atoms with Crippen molar-refractivity contribution in [3.63, 3.8) is 0 Å². The first kappa shape index (κ1) is 24.4. The lowest BCUT2D eigenvalue weighted by Crippen LogP contribution is -2.42. The number of hydrogen-bond donors (Lipinski definition) is 1. The van der Waals surface area contributed by atoms with Crippen molar-refractivity contribution in [2.75, 3.05) is 46.0 Å². The molecule has 4 rings (SSSR count). The van der Waals surface area contributed by atoms with E-state index in [1.165, 1.54) is 0 Å². The maximum absolute atomic E-state index is 13.2. The number of hydrogen-bond acceptors (Lipinski definition) is 6. The van der Waals surface area contributed by atoms with Crippen LogP contribution in [0.3, 0.4) is 0 Å². The van der Waals surface area contributed by atoms with Crippen LogP contribution in [0.2, 0.25) is 0 Å². The fourth-order valence-corrected chi connectivity index (χ4v) is 4.71. The van der Waals surface area contributed by atoms with Crippen LogP contribution in [0.15, 0.2) is 52.5 Å². The summed E-state index contributed by atoms with van der Waals surface area (Å²) in [5, 5.41) is 11.3. The first-order valence-corrected chi connectivity index (χ1v) is 12.3. The zero-order valence-corrected chi connectivity index (χ0v) is 21.0. The van der Waals surface area contributed by atoms with Gasteiger partial charge in [0.05, 0.1) is 31.4 Å². The average molecular weight is 529 g/mol. The van der Waals surface area contributed by atoms with Gasteiger partial charge in [0.1, 0.15) is 11.5 Å². The Morgan fingerprint density at radius 2 is 1.82 bits per heavy atom. The first-order valence-electron chi connectivity index (χ1n) is 11.5. The van der Waals surface area contributed by atoms with Crippen molar-refractivity contribution in [2.45, 2.75) is 19.9 Å². The second-order valence-corrected chi connectivity index (χ2v) is 9.33. The van der Waals surface area contributed by atoms with Gasteiger partial charge in [0.15, 0.2) is 0 Å². The van der Waals surface area contributed by atoms with Gasteiger partial charge in [-0.25, -0.2) is 0 Å². The fraction of sp³-hybridized carbons (Fsp3) is 0.385.